The van der Waals surface area contributed by atoms with Gasteiger partial charge in [-0.25, -0.2) is 0 Å². The molecule has 2 heterocycles. The average Bonchev–Trinajstić information content (AvgIpc) is 2.99. The van der Waals surface area contributed by atoms with Crippen molar-refractivity contribution in [2.45, 2.75) is 26.4 Å². The van der Waals surface area contributed by atoms with E-state index in [-0.39, 0.29) is 24.5 Å². The second-order valence-electron chi connectivity index (χ2n) is 6.92. The standard InChI is InChI=1S/C18H25N3O3/c1-13(2)12-24-14-7-8-20(9-14)11-18(23)21-10-17(22)19-15-5-3-4-6-16(15)21/h3-6,13-14H,7-12H2,1-2H3,(H,19,22). The molecule has 1 unspecified atom stereocenters. The largest absolute Gasteiger partial charge is 0.377 e. The van der Waals surface area contributed by atoms with Gasteiger partial charge in [0.15, 0.2) is 0 Å². The molecule has 1 saturated heterocycles. The van der Waals surface area contributed by atoms with E-state index >= 15 is 0 Å². The van der Waals surface area contributed by atoms with Crippen molar-refractivity contribution in [3.63, 3.8) is 0 Å². The highest BCUT2D eigenvalue weighted by atomic mass is 16.5. The summed E-state index contributed by atoms with van der Waals surface area (Å²) in [7, 11) is 0. The van der Waals surface area contributed by atoms with E-state index in [1.54, 1.807) is 4.90 Å². The summed E-state index contributed by atoms with van der Waals surface area (Å²) in [6.45, 7) is 7.06. The normalized spacial score (nSPS) is 21.0. The topological polar surface area (TPSA) is 61.9 Å². The van der Waals surface area contributed by atoms with E-state index in [9.17, 15) is 9.59 Å². The molecule has 1 aromatic rings. The minimum atomic E-state index is -0.151. The SMILES string of the molecule is CC(C)COC1CCN(CC(=O)N2CC(=O)Nc3ccccc32)C1. The lowest BCUT2D eigenvalue weighted by molar-refractivity contribution is -0.122. The number of likely N-dealkylation sites (tertiary alicyclic amines) is 1. The quantitative estimate of drug-likeness (QED) is 0.892. The van der Waals surface area contributed by atoms with Crippen LogP contribution in [0, 0.1) is 5.92 Å². The number of hydrogen-bond acceptors (Lipinski definition) is 4. The fraction of sp³-hybridized carbons (Fsp3) is 0.556. The number of rotatable bonds is 5. The van der Waals surface area contributed by atoms with Crippen LogP contribution in [0.5, 0.6) is 0 Å². The molecule has 0 radical (unpaired) electrons. The molecule has 0 saturated carbocycles. The second kappa shape index (κ2) is 7.32. The van der Waals surface area contributed by atoms with Gasteiger partial charge in [0, 0.05) is 19.7 Å². The molecule has 1 aromatic carbocycles. The van der Waals surface area contributed by atoms with Crippen LogP contribution >= 0.6 is 0 Å². The molecular formula is C18H25N3O3. The molecule has 2 aliphatic rings. The van der Waals surface area contributed by atoms with E-state index in [1.165, 1.54) is 0 Å². The van der Waals surface area contributed by atoms with E-state index in [4.69, 9.17) is 4.74 Å². The molecule has 3 rings (SSSR count). The first-order valence-electron chi connectivity index (χ1n) is 8.56. The van der Waals surface area contributed by atoms with Gasteiger partial charge in [-0.2, -0.15) is 0 Å². The Morgan fingerprint density at radius 3 is 2.96 bits per heavy atom. The summed E-state index contributed by atoms with van der Waals surface area (Å²) in [5.41, 5.74) is 1.47. The van der Waals surface area contributed by atoms with Gasteiger partial charge in [-0.05, 0) is 24.5 Å². The fourth-order valence-corrected chi connectivity index (χ4v) is 3.14. The Bertz CT molecular complexity index is 617. The van der Waals surface area contributed by atoms with Crippen molar-refractivity contribution in [2.24, 2.45) is 5.92 Å². The van der Waals surface area contributed by atoms with E-state index in [2.05, 4.69) is 24.1 Å². The van der Waals surface area contributed by atoms with Gasteiger partial charge in [0.25, 0.3) is 0 Å². The summed E-state index contributed by atoms with van der Waals surface area (Å²) in [6.07, 6.45) is 1.16. The lowest BCUT2D eigenvalue weighted by atomic mass is 10.2. The minimum absolute atomic E-state index is 0.0400. The van der Waals surface area contributed by atoms with Gasteiger partial charge >= 0.3 is 0 Å². The third kappa shape index (κ3) is 3.94. The molecule has 2 amide bonds. The van der Waals surface area contributed by atoms with Crippen LogP contribution in [0.25, 0.3) is 0 Å². The number of nitrogens with zero attached hydrogens (tertiary/aromatic N) is 2. The van der Waals surface area contributed by atoms with Crippen molar-refractivity contribution < 1.29 is 14.3 Å². The number of benzene rings is 1. The van der Waals surface area contributed by atoms with E-state index < -0.39 is 0 Å². The zero-order chi connectivity index (χ0) is 17.1. The van der Waals surface area contributed by atoms with E-state index in [0.29, 0.717) is 18.2 Å². The number of ether oxygens (including phenoxy) is 1. The Labute approximate surface area is 142 Å². The molecule has 0 aliphatic carbocycles. The zero-order valence-electron chi connectivity index (χ0n) is 14.3. The summed E-state index contributed by atoms with van der Waals surface area (Å²) in [5, 5.41) is 2.81. The molecule has 1 N–H and O–H groups in total. The first-order chi connectivity index (χ1) is 11.5. The lowest BCUT2D eigenvalue weighted by Gasteiger charge is -2.30. The Balaban J connectivity index is 1.59. The van der Waals surface area contributed by atoms with Crippen molar-refractivity contribution in [3.05, 3.63) is 24.3 Å². The Hall–Kier alpha value is -1.92. The van der Waals surface area contributed by atoms with Gasteiger partial charge in [-0.1, -0.05) is 26.0 Å². The maximum atomic E-state index is 12.7. The van der Waals surface area contributed by atoms with Crippen molar-refractivity contribution in [2.75, 3.05) is 43.0 Å². The molecule has 0 spiro atoms. The van der Waals surface area contributed by atoms with Crippen molar-refractivity contribution in [1.29, 1.82) is 0 Å². The molecule has 24 heavy (non-hydrogen) atoms. The molecule has 1 atom stereocenters. The van der Waals surface area contributed by atoms with Gasteiger partial charge in [0.05, 0.1) is 24.0 Å². The van der Waals surface area contributed by atoms with Crippen LogP contribution in [0.15, 0.2) is 24.3 Å². The number of para-hydroxylation sites is 2. The number of anilines is 2. The third-order valence-electron chi connectivity index (χ3n) is 4.32. The molecule has 130 valence electrons. The van der Waals surface area contributed by atoms with Crippen LogP contribution in [-0.4, -0.2) is 55.6 Å². The summed E-state index contributed by atoms with van der Waals surface area (Å²) in [6, 6.07) is 7.41. The fourth-order valence-electron chi connectivity index (χ4n) is 3.14. The van der Waals surface area contributed by atoms with E-state index in [0.717, 1.165) is 31.8 Å². The molecule has 6 nitrogen and oxygen atoms in total. The average molecular weight is 331 g/mol. The first-order valence-corrected chi connectivity index (χ1v) is 8.56. The molecule has 0 bridgehead atoms. The smallest absolute Gasteiger partial charge is 0.244 e. The number of hydrogen-bond donors (Lipinski definition) is 1. The van der Waals surface area contributed by atoms with E-state index in [1.807, 2.05) is 24.3 Å². The molecule has 2 aliphatic heterocycles. The monoisotopic (exact) mass is 331 g/mol. The van der Waals surface area contributed by atoms with Crippen LogP contribution in [-0.2, 0) is 14.3 Å². The van der Waals surface area contributed by atoms with Crippen LogP contribution in [0.1, 0.15) is 20.3 Å². The lowest BCUT2D eigenvalue weighted by Crippen LogP contribution is -2.46. The highest BCUT2D eigenvalue weighted by Crippen LogP contribution is 2.29. The van der Waals surface area contributed by atoms with Gasteiger partial charge in [0.1, 0.15) is 6.54 Å². The summed E-state index contributed by atoms with van der Waals surface area (Å²) in [5.74, 6) is 0.326. The van der Waals surface area contributed by atoms with Crippen molar-refractivity contribution >= 4 is 23.2 Å². The predicted octanol–water partition coefficient (Wildman–Crippen LogP) is 1.72. The zero-order valence-corrected chi connectivity index (χ0v) is 14.3. The number of amides is 2. The first kappa shape index (κ1) is 16.9. The minimum Gasteiger partial charge on any atom is -0.377 e. The maximum Gasteiger partial charge on any atom is 0.244 e. The highest BCUT2D eigenvalue weighted by Gasteiger charge is 2.30. The van der Waals surface area contributed by atoms with Crippen molar-refractivity contribution in [3.8, 4) is 0 Å². The second-order valence-corrected chi connectivity index (χ2v) is 6.92. The molecule has 6 heteroatoms. The summed E-state index contributed by atoms with van der Waals surface area (Å²) >= 11 is 0. The summed E-state index contributed by atoms with van der Waals surface area (Å²) < 4.78 is 5.86. The van der Waals surface area contributed by atoms with Crippen LogP contribution in [0.4, 0.5) is 11.4 Å². The Kier molecular flexibility index (Phi) is 5.16. The van der Waals surface area contributed by atoms with Crippen molar-refractivity contribution in [1.82, 2.24) is 4.90 Å². The van der Waals surface area contributed by atoms with Gasteiger partial charge in [0.2, 0.25) is 11.8 Å². The predicted molar refractivity (Wildman–Crippen MR) is 93.1 cm³/mol. The highest BCUT2D eigenvalue weighted by molar-refractivity contribution is 6.10. The van der Waals surface area contributed by atoms with Gasteiger partial charge in [-0.15, -0.1) is 0 Å². The summed E-state index contributed by atoms with van der Waals surface area (Å²) in [4.78, 5) is 28.2. The van der Waals surface area contributed by atoms with Crippen LogP contribution in [0.2, 0.25) is 0 Å². The molecule has 1 fully saturated rings. The Morgan fingerprint density at radius 1 is 1.38 bits per heavy atom. The maximum absolute atomic E-state index is 12.7. The third-order valence-corrected chi connectivity index (χ3v) is 4.32. The number of nitrogens with one attached hydrogen (secondary N) is 1. The molecule has 0 aromatic heterocycles. The van der Waals surface area contributed by atoms with Crippen LogP contribution in [0.3, 0.4) is 0 Å². The van der Waals surface area contributed by atoms with Gasteiger partial charge < -0.3 is 10.1 Å². The number of carbonyl (C=O) groups is 2. The molecular weight excluding hydrogens is 306 g/mol. The van der Waals surface area contributed by atoms with Gasteiger partial charge in [-0.3, -0.25) is 19.4 Å². The Morgan fingerprint density at radius 2 is 2.17 bits per heavy atom. The van der Waals surface area contributed by atoms with Crippen LogP contribution < -0.4 is 10.2 Å². The number of carbonyl (C=O) groups excluding carboxylic acids is 2. The number of fused-ring (bicyclic) bond motifs is 1.